The molecule has 0 aliphatic carbocycles. The lowest BCUT2D eigenvalue weighted by Gasteiger charge is -2.26. The summed E-state index contributed by atoms with van der Waals surface area (Å²) in [6, 6.07) is 9.21. The van der Waals surface area contributed by atoms with Gasteiger partial charge in [0.1, 0.15) is 23.1 Å². The Bertz CT molecular complexity index is 1040. The fraction of sp³-hybridized carbons (Fsp3) is 0.190. The van der Waals surface area contributed by atoms with Crippen LogP contribution >= 0.6 is 0 Å². The van der Waals surface area contributed by atoms with Crippen molar-refractivity contribution in [2.75, 3.05) is 7.11 Å². The first-order chi connectivity index (χ1) is 14.5. The van der Waals surface area contributed by atoms with Crippen LogP contribution in [0.5, 0.6) is 5.75 Å². The quantitative estimate of drug-likeness (QED) is 0.411. The van der Waals surface area contributed by atoms with Crippen molar-refractivity contribution in [1.82, 2.24) is 4.98 Å². The highest BCUT2D eigenvalue weighted by Crippen LogP contribution is 2.43. The fourth-order valence-corrected chi connectivity index (χ4v) is 2.93. The molecule has 0 aliphatic rings. The van der Waals surface area contributed by atoms with Crippen molar-refractivity contribution >= 4 is 0 Å². The molecule has 1 aromatic heterocycles. The van der Waals surface area contributed by atoms with Gasteiger partial charge in [-0.05, 0) is 29.8 Å². The number of methoxy groups -OCH3 is 1. The van der Waals surface area contributed by atoms with Crippen LogP contribution in [0.2, 0.25) is 0 Å². The molecule has 1 heterocycles. The third-order valence-electron chi connectivity index (χ3n) is 4.34. The molecule has 31 heavy (non-hydrogen) atoms. The van der Waals surface area contributed by atoms with Gasteiger partial charge in [-0.3, -0.25) is 4.98 Å². The molecule has 0 fully saturated rings. The van der Waals surface area contributed by atoms with Crippen molar-refractivity contribution in [3.63, 3.8) is 0 Å². The zero-order valence-corrected chi connectivity index (χ0v) is 15.8. The van der Waals surface area contributed by atoms with Crippen LogP contribution in [-0.4, -0.2) is 18.5 Å². The molecule has 0 saturated heterocycles. The predicted octanol–water partition coefficient (Wildman–Crippen LogP) is 6.40. The van der Waals surface area contributed by atoms with E-state index < -0.39 is 47.0 Å². The van der Waals surface area contributed by atoms with Gasteiger partial charge in [-0.15, -0.1) is 13.2 Å². The SMILES string of the molecule is COC(c1ccc(F)cc1F)C(F)(F)c1ccc(-c2ccc(OC(F)(F)F)cc2)cn1. The van der Waals surface area contributed by atoms with Gasteiger partial charge in [0.2, 0.25) is 0 Å². The van der Waals surface area contributed by atoms with E-state index >= 15 is 0 Å². The van der Waals surface area contributed by atoms with Gasteiger partial charge in [-0.2, -0.15) is 8.78 Å². The third-order valence-corrected chi connectivity index (χ3v) is 4.34. The number of benzene rings is 2. The van der Waals surface area contributed by atoms with Crippen molar-refractivity contribution in [3.05, 3.63) is 83.7 Å². The van der Waals surface area contributed by atoms with Crippen LogP contribution in [0.1, 0.15) is 17.4 Å². The Morgan fingerprint density at radius 2 is 1.48 bits per heavy atom. The van der Waals surface area contributed by atoms with E-state index in [-0.39, 0.29) is 0 Å². The number of alkyl halides is 5. The van der Waals surface area contributed by atoms with Gasteiger partial charge in [0.05, 0.1) is 0 Å². The highest BCUT2D eigenvalue weighted by atomic mass is 19.4. The lowest BCUT2D eigenvalue weighted by atomic mass is 9.99. The summed E-state index contributed by atoms with van der Waals surface area (Å²) >= 11 is 0. The van der Waals surface area contributed by atoms with Gasteiger partial charge in [-0.1, -0.05) is 24.3 Å². The Morgan fingerprint density at radius 1 is 0.839 bits per heavy atom. The van der Waals surface area contributed by atoms with Crippen LogP contribution in [0.3, 0.4) is 0 Å². The van der Waals surface area contributed by atoms with Crippen LogP contribution < -0.4 is 4.74 Å². The van der Waals surface area contributed by atoms with Gasteiger partial charge < -0.3 is 9.47 Å². The molecule has 0 spiro atoms. The monoisotopic (exact) mass is 445 g/mol. The van der Waals surface area contributed by atoms with Crippen LogP contribution in [0.25, 0.3) is 11.1 Å². The first-order valence-corrected chi connectivity index (χ1v) is 8.69. The second kappa shape index (κ2) is 8.54. The molecule has 0 bridgehead atoms. The van der Waals surface area contributed by atoms with Gasteiger partial charge in [0.15, 0.2) is 6.10 Å². The first kappa shape index (κ1) is 22.5. The van der Waals surface area contributed by atoms with E-state index in [9.17, 15) is 30.7 Å². The average Bonchev–Trinajstić information content (AvgIpc) is 2.69. The number of ether oxygens (including phenoxy) is 2. The number of aromatic nitrogens is 1. The Hall–Kier alpha value is -3.14. The summed E-state index contributed by atoms with van der Waals surface area (Å²) in [5.74, 6) is -6.31. The summed E-state index contributed by atoms with van der Waals surface area (Å²) in [7, 11) is 0.959. The molecule has 0 amide bonds. The second-order valence-corrected chi connectivity index (χ2v) is 6.41. The summed E-state index contributed by atoms with van der Waals surface area (Å²) in [6.45, 7) is 0. The molecule has 0 radical (unpaired) electrons. The van der Waals surface area contributed by atoms with Crippen molar-refractivity contribution in [3.8, 4) is 16.9 Å². The van der Waals surface area contributed by atoms with Gasteiger partial charge in [0.25, 0.3) is 0 Å². The van der Waals surface area contributed by atoms with Crippen molar-refractivity contribution in [1.29, 1.82) is 0 Å². The largest absolute Gasteiger partial charge is 0.573 e. The van der Waals surface area contributed by atoms with Crippen molar-refractivity contribution in [2.45, 2.75) is 18.4 Å². The lowest BCUT2D eigenvalue weighted by Crippen LogP contribution is -2.27. The number of hydrogen-bond acceptors (Lipinski definition) is 3. The number of halogens is 7. The topological polar surface area (TPSA) is 31.4 Å². The van der Waals surface area contributed by atoms with Crippen LogP contribution in [-0.2, 0) is 10.7 Å². The minimum atomic E-state index is -4.84. The molecule has 3 rings (SSSR count). The number of pyridine rings is 1. The molecule has 1 unspecified atom stereocenters. The Balaban J connectivity index is 1.85. The van der Waals surface area contributed by atoms with E-state index in [1.165, 1.54) is 18.2 Å². The predicted molar refractivity (Wildman–Crippen MR) is 96.4 cm³/mol. The molecule has 1 atom stereocenters. The summed E-state index contributed by atoms with van der Waals surface area (Å²) in [4.78, 5) is 3.71. The van der Waals surface area contributed by atoms with E-state index in [1.54, 1.807) is 0 Å². The molecular formula is C21H14F7NO2. The smallest absolute Gasteiger partial charge is 0.406 e. The molecule has 2 aromatic carbocycles. The molecule has 10 heteroatoms. The Labute approximate surface area is 172 Å². The summed E-state index contributed by atoms with van der Waals surface area (Å²) < 4.78 is 102. The van der Waals surface area contributed by atoms with Gasteiger partial charge in [0, 0.05) is 30.5 Å². The van der Waals surface area contributed by atoms with Gasteiger partial charge >= 0.3 is 12.3 Å². The van der Waals surface area contributed by atoms with Crippen molar-refractivity contribution in [2.24, 2.45) is 0 Å². The van der Waals surface area contributed by atoms with Crippen LogP contribution in [0, 0.1) is 11.6 Å². The van der Waals surface area contributed by atoms with E-state index in [4.69, 9.17) is 4.74 Å². The Kier molecular flexibility index (Phi) is 6.21. The van der Waals surface area contributed by atoms with Gasteiger partial charge in [-0.25, -0.2) is 8.78 Å². The molecule has 3 nitrogen and oxygen atoms in total. The van der Waals surface area contributed by atoms with E-state index in [1.807, 2.05) is 0 Å². The van der Waals surface area contributed by atoms with Crippen LogP contribution in [0.4, 0.5) is 30.7 Å². The number of nitrogens with zero attached hydrogens (tertiary/aromatic N) is 1. The zero-order chi connectivity index (χ0) is 22.8. The second-order valence-electron chi connectivity index (χ2n) is 6.41. The standard InChI is InChI=1S/C21H14F7NO2/c1-30-19(16-8-5-14(22)10-17(16)23)20(24,25)18-9-4-13(11-29-18)12-2-6-15(7-3-12)31-21(26,27)28/h2-11,19H,1H3. The minimum Gasteiger partial charge on any atom is -0.406 e. The maximum absolute atomic E-state index is 15.0. The van der Waals surface area contributed by atoms with E-state index in [0.717, 1.165) is 43.6 Å². The highest BCUT2D eigenvalue weighted by Gasteiger charge is 2.45. The van der Waals surface area contributed by atoms with E-state index in [2.05, 4.69) is 9.72 Å². The fourth-order valence-electron chi connectivity index (χ4n) is 2.93. The highest BCUT2D eigenvalue weighted by molar-refractivity contribution is 5.63. The molecule has 0 N–H and O–H groups in total. The zero-order valence-electron chi connectivity index (χ0n) is 15.8. The maximum atomic E-state index is 15.0. The summed E-state index contributed by atoms with van der Waals surface area (Å²) in [6.07, 6.45) is -5.81. The molecule has 3 aromatic rings. The average molecular weight is 445 g/mol. The molecule has 0 aliphatic heterocycles. The first-order valence-electron chi connectivity index (χ1n) is 8.69. The summed E-state index contributed by atoms with van der Waals surface area (Å²) in [5.41, 5.74) is -0.520. The molecule has 164 valence electrons. The molecular weight excluding hydrogens is 431 g/mol. The third kappa shape index (κ3) is 5.13. The van der Waals surface area contributed by atoms with E-state index in [0.29, 0.717) is 17.2 Å². The maximum Gasteiger partial charge on any atom is 0.573 e. The number of rotatable bonds is 6. The normalized spacial score (nSPS) is 13.2. The van der Waals surface area contributed by atoms with Crippen LogP contribution in [0.15, 0.2) is 60.8 Å². The lowest BCUT2D eigenvalue weighted by molar-refractivity contribution is -0.274. The Morgan fingerprint density at radius 3 is 2.00 bits per heavy atom. The van der Waals surface area contributed by atoms with Crippen molar-refractivity contribution < 1.29 is 40.2 Å². The molecule has 0 saturated carbocycles. The number of hydrogen-bond donors (Lipinski definition) is 0. The minimum absolute atomic E-state index is 0.347. The summed E-state index contributed by atoms with van der Waals surface area (Å²) in [5, 5.41) is 0.